The lowest BCUT2D eigenvalue weighted by molar-refractivity contribution is -0.125. The molecule has 0 aliphatic rings. The molecule has 122 valence electrons. The van der Waals surface area contributed by atoms with Crippen molar-refractivity contribution in [1.29, 1.82) is 0 Å². The number of ketones is 2. The van der Waals surface area contributed by atoms with Crippen LogP contribution in [0.3, 0.4) is 0 Å². The number of rotatable bonds is 6. The van der Waals surface area contributed by atoms with Crippen molar-refractivity contribution in [2.24, 2.45) is 5.92 Å². The van der Waals surface area contributed by atoms with E-state index < -0.39 is 12.5 Å². The first-order chi connectivity index (χ1) is 11.1. The largest absolute Gasteiger partial charge is 0.389 e. The summed E-state index contributed by atoms with van der Waals surface area (Å²) in [6.45, 7) is 5.15. The van der Waals surface area contributed by atoms with E-state index in [-0.39, 0.29) is 18.0 Å². The van der Waals surface area contributed by atoms with Gasteiger partial charge in [-0.15, -0.1) is 0 Å². The van der Waals surface area contributed by atoms with E-state index in [9.17, 15) is 9.59 Å². The lowest BCUT2D eigenvalue weighted by atomic mass is 9.95. The molecule has 1 N–H and O–H groups in total. The number of aliphatic hydroxyl groups excluding tert-OH is 1. The van der Waals surface area contributed by atoms with Gasteiger partial charge in [0.25, 0.3) is 0 Å². The van der Waals surface area contributed by atoms with Gasteiger partial charge in [-0.05, 0) is 11.1 Å². The summed E-state index contributed by atoms with van der Waals surface area (Å²) < 4.78 is 0. The predicted octanol–water partition coefficient (Wildman–Crippen LogP) is 4.15. The lowest BCUT2D eigenvalue weighted by Crippen LogP contribution is -2.18. The fourth-order valence-corrected chi connectivity index (χ4v) is 2.14. The molecule has 0 heterocycles. The molecule has 23 heavy (non-hydrogen) atoms. The molecule has 0 saturated heterocycles. The van der Waals surface area contributed by atoms with Gasteiger partial charge in [0.05, 0.1) is 0 Å². The molecule has 0 bridgehead atoms. The van der Waals surface area contributed by atoms with E-state index in [1.165, 1.54) is 0 Å². The fourth-order valence-electron chi connectivity index (χ4n) is 2.14. The van der Waals surface area contributed by atoms with Gasteiger partial charge < -0.3 is 5.11 Å². The van der Waals surface area contributed by atoms with E-state index in [0.29, 0.717) is 5.56 Å². The van der Waals surface area contributed by atoms with E-state index >= 15 is 0 Å². The SMILES string of the molecule is CC.C[C@@H](CC(=O)c1ccc(-c2ccccc2)cc1)C(=O)CO. The normalized spacial score (nSPS) is 11.1. The average molecular weight is 312 g/mol. The number of hydrogen-bond acceptors (Lipinski definition) is 3. The van der Waals surface area contributed by atoms with Gasteiger partial charge >= 0.3 is 0 Å². The Bertz CT molecular complexity index is 615. The first-order valence-electron chi connectivity index (χ1n) is 7.94. The highest BCUT2D eigenvalue weighted by Gasteiger charge is 2.17. The molecule has 0 aromatic heterocycles. The Labute approximate surface area is 138 Å². The molecule has 2 aromatic rings. The Morgan fingerprint density at radius 3 is 1.96 bits per heavy atom. The molecule has 0 spiro atoms. The number of benzene rings is 2. The molecule has 3 nitrogen and oxygen atoms in total. The maximum absolute atomic E-state index is 12.1. The van der Waals surface area contributed by atoms with Crippen molar-refractivity contribution < 1.29 is 14.7 Å². The molecule has 0 aliphatic heterocycles. The molecule has 0 unspecified atom stereocenters. The zero-order valence-electron chi connectivity index (χ0n) is 14.0. The Morgan fingerprint density at radius 2 is 1.43 bits per heavy atom. The number of hydrogen-bond donors (Lipinski definition) is 1. The van der Waals surface area contributed by atoms with Crippen molar-refractivity contribution in [2.45, 2.75) is 27.2 Å². The molecule has 2 rings (SSSR count). The van der Waals surface area contributed by atoms with Crippen LogP contribution in [0.2, 0.25) is 0 Å². The zero-order chi connectivity index (χ0) is 17.2. The van der Waals surface area contributed by atoms with Crippen molar-refractivity contribution in [3.8, 4) is 11.1 Å². The molecule has 0 fully saturated rings. The minimum atomic E-state index is -0.513. The monoisotopic (exact) mass is 312 g/mol. The van der Waals surface area contributed by atoms with Crippen LogP contribution < -0.4 is 0 Å². The molecular formula is C20H24O3. The second kappa shape index (κ2) is 9.70. The number of carbonyl (C=O) groups is 2. The summed E-state index contributed by atoms with van der Waals surface area (Å²) in [4.78, 5) is 23.4. The maximum Gasteiger partial charge on any atom is 0.163 e. The van der Waals surface area contributed by atoms with Crippen molar-refractivity contribution in [3.63, 3.8) is 0 Å². The number of aliphatic hydroxyl groups is 1. The summed E-state index contributed by atoms with van der Waals surface area (Å²) in [5, 5.41) is 8.79. The van der Waals surface area contributed by atoms with E-state index in [2.05, 4.69) is 0 Å². The van der Waals surface area contributed by atoms with Crippen LogP contribution in [0.15, 0.2) is 54.6 Å². The Kier molecular flexibility index (Phi) is 7.92. The van der Waals surface area contributed by atoms with Crippen LogP contribution in [0.25, 0.3) is 11.1 Å². The van der Waals surface area contributed by atoms with Crippen LogP contribution in [-0.4, -0.2) is 23.3 Å². The van der Waals surface area contributed by atoms with Crippen LogP contribution in [0.5, 0.6) is 0 Å². The summed E-state index contributed by atoms with van der Waals surface area (Å²) in [6.07, 6.45) is 0.129. The highest BCUT2D eigenvalue weighted by molar-refractivity contribution is 5.99. The number of Topliss-reactive ketones (excluding diaryl/α,β-unsaturated/α-hetero) is 2. The van der Waals surface area contributed by atoms with E-state index in [0.717, 1.165) is 11.1 Å². The third-order valence-electron chi connectivity index (χ3n) is 3.51. The summed E-state index contributed by atoms with van der Waals surface area (Å²) in [5.74, 6) is -0.829. The third-order valence-corrected chi connectivity index (χ3v) is 3.51. The van der Waals surface area contributed by atoms with Gasteiger partial charge in [-0.2, -0.15) is 0 Å². The van der Waals surface area contributed by atoms with Crippen LogP contribution in [-0.2, 0) is 4.79 Å². The van der Waals surface area contributed by atoms with E-state index in [1.54, 1.807) is 19.1 Å². The van der Waals surface area contributed by atoms with E-state index in [1.807, 2.05) is 56.3 Å². The maximum atomic E-state index is 12.1. The van der Waals surface area contributed by atoms with Gasteiger partial charge in [-0.25, -0.2) is 0 Å². The van der Waals surface area contributed by atoms with Gasteiger partial charge in [-0.3, -0.25) is 9.59 Å². The molecule has 2 aromatic carbocycles. The van der Waals surface area contributed by atoms with Crippen molar-refractivity contribution in [3.05, 3.63) is 60.2 Å². The summed E-state index contributed by atoms with van der Waals surface area (Å²) in [5.41, 5.74) is 2.74. The molecule has 0 radical (unpaired) electrons. The molecule has 3 heteroatoms. The smallest absolute Gasteiger partial charge is 0.163 e. The first kappa shape index (κ1) is 18.8. The van der Waals surface area contributed by atoms with Crippen LogP contribution in [0.1, 0.15) is 37.6 Å². The Balaban J connectivity index is 0.00000127. The summed E-state index contributed by atoms with van der Waals surface area (Å²) >= 11 is 0. The topological polar surface area (TPSA) is 54.4 Å². The van der Waals surface area contributed by atoms with Gasteiger partial charge in [0.15, 0.2) is 11.6 Å². The number of carbonyl (C=O) groups excluding carboxylic acids is 2. The fraction of sp³-hybridized carbons (Fsp3) is 0.300. The van der Waals surface area contributed by atoms with Gasteiger partial charge in [-0.1, -0.05) is 75.4 Å². The van der Waals surface area contributed by atoms with Crippen LogP contribution in [0, 0.1) is 5.92 Å². The van der Waals surface area contributed by atoms with Gasteiger partial charge in [0.2, 0.25) is 0 Å². The highest BCUT2D eigenvalue weighted by atomic mass is 16.3. The standard InChI is InChI=1S/C18H18O3.C2H6/c1-13(18(21)12-19)11-17(20)16-9-7-15(8-10-16)14-5-3-2-4-6-14;1-2/h2-10,13,19H,11-12H2,1H3;1-2H3/t13-;/m0./s1. The highest BCUT2D eigenvalue weighted by Crippen LogP contribution is 2.20. The zero-order valence-corrected chi connectivity index (χ0v) is 14.0. The van der Waals surface area contributed by atoms with Gasteiger partial charge in [0.1, 0.15) is 6.61 Å². The van der Waals surface area contributed by atoms with Crippen molar-refractivity contribution in [1.82, 2.24) is 0 Å². The molecule has 1 atom stereocenters. The Morgan fingerprint density at radius 1 is 0.913 bits per heavy atom. The molecule has 0 amide bonds. The minimum absolute atomic E-state index is 0.0797. The van der Waals surface area contributed by atoms with Crippen LogP contribution in [0.4, 0.5) is 0 Å². The molecule has 0 saturated carbocycles. The van der Waals surface area contributed by atoms with Crippen molar-refractivity contribution >= 4 is 11.6 Å². The quantitative estimate of drug-likeness (QED) is 0.815. The van der Waals surface area contributed by atoms with E-state index in [4.69, 9.17) is 5.11 Å². The lowest BCUT2D eigenvalue weighted by Gasteiger charge is -2.08. The predicted molar refractivity (Wildman–Crippen MR) is 93.4 cm³/mol. The third kappa shape index (κ3) is 5.46. The van der Waals surface area contributed by atoms with Crippen molar-refractivity contribution in [2.75, 3.05) is 6.61 Å². The molecular weight excluding hydrogens is 288 g/mol. The second-order valence-electron chi connectivity index (χ2n) is 5.10. The summed E-state index contributed by atoms with van der Waals surface area (Å²) in [6, 6.07) is 17.3. The Hall–Kier alpha value is -2.26. The second-order valence-corrected chi connectivity index (χ2v) is 5.10. The average Bonchev–Trinajstić information content (AvgIpc) is 2.63. The minimum Gasteiger partial charge on any atom is -0.389 e. The summed E-state index contributed by atoms with van der Waals surface area (Å²) in [7, 11) is 0. The molecule has 0 aliphatic carbocycles. The first-order valence-corrected chi connectivity index (χ1v) is 7.94. The van der Waals surface area contributed by atoms with Gasteiger partial charge in [0, 0.05) is 17.9 Å². The van der Waals surface area contributed by atoms with Crippen LogP contribution >= 0.6 is 0 Å².